The van der Waals surface area contributed by atoms with Gasteiger partial charge >= 0.3 is 0 Å². The molecule has 2 atom stereocenters. The Morgan fingerprint density at radius 2 is 1.94 bits per heavy atom. The Morgan fingerprint density at radius 1 is 1.23 bits per heavy atom. The quantitative estimate of drug-likeness (QED) is 0.665. The fourth-order valence-electron chi connectivity index (χ4n) is 4.88. The number of aryl methyl sites for hydroxylation is 1. The molecule has 1 aliphatic carbocycles. The van der Waals surface area contributed by atoms with Gasteiger partial charge in [0.05, 0.1) is 11.1 Å². The van der Waals surface area contributed by atoms with Crippen LogP contribution in [0.15, 0.2) is 29.6 Å². The number of likely N-dealkylation sites (tertiary alicyclic amines) is 1. The van der Waals surface area contributed by atoms with E-state index in [0.717, 1.165) is 24.1 Å². The molecule has 3 amide bonds. The predicted molar refractivity (Wildman–Crippen MR) is 121 cm³/mol. The molecule has 7 heteroatoms. The maximum Gasteiger partial charge on any atom is 0.235 e. The Labute approximate surface area is 187 Å². The van der Waals surface area contributed by atoms with Gasteiger partial charge in [-0.1, -0.05) is 50.6 Å². The third kappa shape index (κ3) is 3.69. The molecule has 1 N–H and O–H groups in total. The number of imide groups is 1. The molecule has 2 aromatic rings. The van der Waals surface area contributed by atoms with Crippen LogP contribution in [0.25, 0.3) is 11.3 Å². The van der Waals surface area contributed by atoms with Gasteiger partial charge in [0.1, 0.15) is 0 Å². The minimum Gasteiger partial charge on any atom is -0.302 e. The van der Waals surface area contributed by atoms with E-state index in [-0.39, 0.29) is 35.5 Å². The molecule has 2 fully saturated rings. The SMILES string of the molecule is Cc1ccc(-c2csc(NC(=O)CCCN3C(=O)C4CCC(C)(C3=O)C4(C)C)n2)cc1. The van der Waals surface area contributed by atoms with Gasteiger partial charge in [0.2, 0.25) is 17.7 Å². The molecule has 1 saturated carbocycles. The number of piperidine rings is 1. The van der Waals surface area contributed by atoms with Crippen molar-refractivity contribution in [1.29, 1.82) is 0 Å². The maximum absolute atomic E-state index is 13.1. The van der Waals surface area contributed by atoms with E-state index in [4.69, 9.17) is 0 Å². The highest BCUT2D eigenvalue weighted by Gasteiger charge is 2.64. The molecule has 6 nitrogen and oxygen atoms in total. The number of nitrogens with one attached hydrogen (secondary N) is 1. The first kappa shape index (κ1) is 21.7. The summed E-state index contributed by atoms with van der Waals surface area (Å²) in [4.78, 5) is 44.2. The van der Waals surface area contributed by atoms with Crippen LogP contribution in [0.1, 0.15) is 52.0 Å². The second-order valence-corrected chi connectivity index (χ2v) is 10.4. The van der Waals surface area contributed by atoms with Crippen LogP contribution in [0.2, 0.25) is 0 Å². The van der Waals surface area contributed by atoms with E-state index in [1.54, 1.807) is 0 Å². The molecule has 1 aromatic carbocycles. The summed E-state index contributed by atoms with van der Waals surface area (Å²) in [5.74, 6) is -0.428. The molecule has 4 rings (SSSR count). The van der Waals surface area contributed by atoms with Gasteiger partial charge in [0.15, 0.2) is 5.13 Å². The average Bonchev–Trinajstić information content (AvgIpc) is 3.24. The smallest absolute Gasteiger partial charge is 0.235 e. The normalized spacial score (nSPS) is 24.5. The predicted octanol–water partition coefficient (Wildman–Crippen LogP) is 4.65. The average molecular weight is 440 g/mol. The topological polar surface area (TPSA) is 79.4 Å². The van der Waals surface area contributed by atoms with Crippen LogP contribution in [0.4, 0.5) is 5.13 Å². The lowest BCUT2D eigenvalue weighted by molar-refractivity contribution is -0.168. The number of amides is 3. The van der Waals surface area contributed by atoms with Gasteiger partial charge in [-0.2, -0.15) is 0 Å². The van der Waals surface area contributed by atoms with E-state index in [9.17, 15) is 14.4 Å². The molecule has 1 aromatic heterocycles. The summed E-state index contributed by atoms with van der Waals surface area (Å²) in [6.45, 7) is 8.37. The molecule has 0 radical (unpaired) electrons. The molecule has 1 saturated heterocycles. The number of nitrogens with zero attached hydrogens (tertiary/aromatic N) is 2. The molecular weight excluding hydrogens is 410 g/mol. The molecule has 0 spiro atoms. The lowest BCUT2D eigenvalue weighted by atomic mass is 9.62. The van der Waals surface area contributed by atoms with Gasteiger partial charge in [-0.3, -0.25) is 19.3 Å². The van der Waals surface area contributed by atoms with Crippen molar-refractivity contribution < 1.29 is 14.4 Å². The van der Waals surface area contributed by atoms with E-state index in [0.29, 0.717) is 18.1 Å². The maximum atomic E-state index is 13.1. The molecular formula is C24H29N3O3S. The zero-order valence-electron chi connectivity index (χ0n) is 18.5. The van der Waals surface area contributed by atoms with Crippen molar-refractivity contribution in [3.63, 3.8) is 0 Å². The number of benzene rings is 1. The van der Waals surface area contributed by atoms with Crippen molar-refractivity contribution in [1.82, 2.24) is 9.88 Å². The van der Waals surface area contributed by atoms with Crippen molar-refractivity contribution in [2.24, 2.45) is 16.7 Å². The number of anilines is 1. The molecule has 2 heterocycles. The minimum absolute atomic E-state index is 0.0759. The minimum atomic E-state index is -0.499. The van der Waals surface area contributed by atoms with E-state index in [1.807, 2.05) is 57.3 Å². The molecule has 1 aliphatic heterocycles. The number of rotatable bonds is 6. The zero-order valence-corrected chi connectivity index (χ0v) is 19.3. The van der Waals surface area contributed by atoms with Gasteiger partial charge in [-0.15, -0.1) is 11.3 Å². The molecule has 2 aliphatic rings. The van der Waals surface area contributed by atoms with Crippen LogP contribution in [0, 0.1) is 23.7 Å². The van der Waals surface area contributed by atoms with Crippen LogP contribution < -0.4 is 5.32 Å². The van der Waals surface area contributed by atoms with Crippen LogP contribution in [-0.4, -0.2) is 34.2 Å². The fraction of sp³-hybridized carbons (Fsp3) is 0.500. The second kappa shape index (κ2) is 7.86. The number of carbonyl (C=O) groups excluding carboxylic acids is 3. The van der Waals surface area contributed by atoms with Crippen molar-refractivity contribution in [2.45, 2.75) is 53.4 Å². The van der Waals surface area contributed by atoms with Crippen LogP contribution in [0.3, 0.4) is 0 Å². The lowest BCUT2D eigenvalue weighted by Gasteiger charge is -2.47. The number of fused-ring (bicyclic) bond motifs is 2. The Balaban J connectivity index is 1.32. The Hall–Kier alpha value is -2.54. The summed E-state index contributed by atoms with van der Waals surface area (Å²) in [5.41, 5.74) is 2.21. The summed E-state index contributed by atoms with van der Waals surface area (Å²) in [6, 6.07) is 8.09. The van der Waals surface area contributed by atoms with Crippen molar-refractivity contribution in [3.8, 4) is 11.3 Å². The number of aromatic nitrogens is 1. The first-order valence-electron chi connectivity index (χ1n) is 10.8. The zero-order chi connectivity index (χ0) is 22.4. The largest absolute Gasteiger partial charge is 0.302 e. The van der Waals surface area contributed by atoms with Gasteiger partial charge < -0.3 is 5.32 Å². The van der Waals surface area contributed by atoms with Crippen molar-refractivity contribution in [2.75, 3.05) is 11.9 Å². The van der Waals surface area contributed by atoms with Crippen molar-refractivity contribution in [3.05, 3.63) is 35.2 Å². The summed E-state index contributed by atoms with van der Waals surface area (Å²) < 4.78 is 0. The highest BCUT2D eigenvalue weighted by molar-refractivity contribution is 7.14. The summed E-state index contributed by atoms with van der Waals surface area (Å²) in [7, 11) is 0. The second-order valence-electron chi connectivity index (χ2n) is 9.50. The lowest BCUT2D eigenvalue weighted by Crippen LogP contribution is -2.59. The summed E-state index contributed by atoms with van der Waals surface area (Å²) in [6.07, 6.45) is 2.20. The molecule has 2 unspecified atom stereocenters. The fourth-order valence-corrected chi connectivity index (χ4v) is 5.62. The van der Waals surface area contributed by atoms with Crippen LogP contribution in [-0.2, 0) is 14.4 Å². The first-order chi connectivity index (χ1) is 14.6. The van der Waals surface area contributed by atoms with Crippen molar-refractivity contribution >= 4 is 34.2 Å². The number of hydrogen-bond acceptors (Lipinski definition) is 5. The van der Waals surface area contributed by atoms with Gasteiger partial charge in [-0.25, -0.2) is 4.98 Å². The van der Waals surface area contributed by atoms with E-state index >= 15 is 0 Å². The summed E-state index contributed by atoms with van der Waals surface area (Å²) >= 11 is 1.39. The Morgan fingerprint density at radius 3 is 2.65 bits per heavy atom. The van der Waals surface area contributed by atoms with E-state index in [1.165, 1.54) is 21.8 Å². The monoisotopic (exact) mass is 439 g/mol. The van der Waals surface area contributed by atoms with Gasteiger partial charge in [0, 0.05) is 29.8 Å². The van der Waals surface area contributed by atoms with Gasteiger partial charge in [0.25, 0.3) is 0 Å². The van der Waals surface area contributed by atoms with Crippen LogP contribution >= 0.6 is 11.3 Å². The Bertz CT molecular complexity index is 1030. The molecule has 2 bridgehead atoms. The number of hydrogen-bond donors (Lipinski definition) is 1. The highest BCUT2D eigenvalue weighted by Crippen LogP contribution is 2.60. The van der Waals surface area contributed by atoms with Crippen LogP contribution in [0.5, 0.6) is 0 Å². The molecule has 164 valence electrons. The highest BCUT2D eigenvalue weighted by atomic mass is 32.1. The number of thiazole rings is 1. The van der Waals surface area contributed by atoms with Gasteiger partial charge in [-0.05, 0) is 31.6 Å². The standard InChI is InChI=1S/C24H29N3O3S/c1-15-7-9-16(10-8-15)18-14-31-22(25-18)26-19(28)6-5-13-27-20(29)17-11-12-24(4,21(27)30)23(17,2)3/h7-10,14,17H,5-6,11-13H2,1-4H3,(H,25,26,28). The van der Waals surface area contributed by atoms with E-state index in [2.05, 4.69) is 10.3 Å². The van der Waals surface area contributed by atoms with E-state index < -0.39 is 5.41 Å². The summed E-state index contributed by atoms with van der Waals surface area (Å²) in [5, 5.41) is 5.31. The third-order valence-electron chi connectivity index (χ3n) is 7.39. The Kier molecular flexibility index (Phi) is 5.50. The third-order valence-corrected chi connectivity index (χ3v) is 8.15. The number of carbonyl (C=O) groups is 3. The molecule has 31 heavy (non-hydrogen) atoms. The first-order valence-corrected chi connectivity index (χ1v) is 11.7.